The Labute approximate surface area is 152 Å². The standard InChI is InChI=1S/C20H23N3O3/c1-13-11-17(13)18-8-7-16(26-18)12-22(2)19(24)14-3-5-15(6-4-14)23-10-9-21-20(23)25/h3-8,13,17H,9-12H2,1-2H3,(H,21,25)/t13-,17-/m1/s1. The van der Waals surface area contributed by atoms with E-state index in [1.54, 1.807) is 29.0 Å². The fourth-order valence-corrected chi connectivity index (χ4v) is 3.43. The number of hydrogen-bond donors (Lipinski definition) is 1. The molecular formula is C20H23N3O3. The van der Waals surface area contributed by atoms with Crippen molar-refractivity contribution in [2.45, 2.75) is 25.8 Å². The van der Waals surface area contributed by atoms with Crippen LogP contribution in [0, 0.1) is 5.92 Å². The number of benzene rings is 1. The molecule has 2 aromatic rings. The van der Waals surface area contributed by atoms with Gasteiger partial charge in [0, 0.05) is 37.3 Å². The van der Waals surface area contributed by atoms with Crippen LogP contribution < -0.4 is 10.2 Å². The molecule has 3 amide bonds. The summed E-state index contributed by atoms with van der Waals surface area (Å²) in [6.07, 6.45) is 1.18. The molecular weight excluding hydrogens is 330 g/mol. The van der Waals surface area contributed by atoms with Crippen molar-refractivity contribution >= 4 is 17.6 Å². The molecule has 26 heavy (non-hydrogen) atoms. The number of carbonyl (C=O) groups is 2. The Bertz CT molecular complexity index is 827. The molecule has 2 aliphatic rings. The highest BCUT2D eigenvalue weighted by atomic mass is 16.3. The van der Waals surface area contributed by atoms with Crippen LogP contribution in [0.2, 0.25) is 0 Å². The smallest absolute Gasteiger partial charge is 0.321 e. The summed E-state index contributed by atoms with van der Waals surface area (Å²) >= 11 is 0. The van der Waals surface area contributed by atoms with Crippen LogP contribution in [0.3, 0.4) is 0 Å². The van der Waals surface area contributed by atoms with Crippen molar-refractivity contribution in [2.75, 3.05) is 25.0 Å². The Balaban J connectivity index is 1.40. The van der Waals surface area contributed by atoms with Crippen LogP contribution in [0.25, 0.3) is 0 Å². The second-order valence-corrected chi connectivity index (χ2v) is 7.22. The lowest BCUT2D eigenvalue weighted by atomic mass is 10.1. The van der Waals surface area contributed by atoms with Crippen molar-refractivity contribution in [3.63, 3.8) is 0 Å². The average molecular weight is 353 g/mol. The molecule has 4 rings (SSSR count). The molecule has 1 aliphatic carbocycles. The zero-order chi connectivity index (χ0) is 18.3. The molecule has 6 heteroatoms. The van der Waals surface area contributed by atoms with Crippen LogP contribution in [-0.4, -0.2) is 37.0 Å². The summed E-state index contributed by atoms with van der Waals surface area (Å²) < 4.78 is 5.89. The van der Waals surface area contributed by atoms with Gasteiger partial charge in [-0.1, -0.05) is 6.92 Å². The van der Waals surface area contributed by atoms with Crippen molar-refractivity contribution in [1.29, 1.82) is 0 Å². The lowest BCUT2D eigenvalue weighted by molar-refractivity contribution is 0.0775. The summed E-state index contributed by atoms with van der Waals surface area (Å²) in [4.78, 5) is 27.7. The first-order valence-electron chi connectivity index (χ1n) is 9.02. The van der Waals surface area contributed by atoms with Gasteiger partial charge in [0.2, 0.25) is 0 Å². The zero-order valence-electron chi connectivity index (χ0n) is 15.1. The molecule has 0 radical (unpaired) electrons. The summed E-state index contributed by atoms with van der Waals surface area (Å²) in [5.41, 5.74) is 1.40. The second-order valence-electron chi connectivity index (χ2n) is 7.22. The summed E-state index contributed by atoms with van der Waals surface area (Å²) in [5.74, 6) is 3.01. The van der Waals surface area contributed by atoms with E-state index in [4.69, 9.17) is 4.42 Å². The summed E-state index contributed by atoms with van der Waals surface area (Å²) in [5, 5.41) is 2.77. The molecule has 1 saturated carbocycles. The molecule has 2 fully saturated rings. The lowest BCUT2D eigenvalue weighted by Crippen LogP contribution is -2.28. The number of anilines is 1. The van der Waals surface area contributed by atoms with E-state index < -0.39 is 0 Å². The first-order chi connectivity index (χ1) is 12.5. The molecule has 1 aliphatic heterocycles. The highest BCUT2D eigenvalue weighted by molar-refractivity contribution is 5.96. The Morgan fingerprint density at radius 1 is 1.27 bits per heavy atom. The number of nitrogens with one attached hydrogen (secondary N) is 1. The first kappa shape index (κ1) is 16.7. The van der Waals surface area contributed by atoms with E-state index in [-0.39, 0.29) is 11.9 Å². The number of carbonyl (C=O) groups excluding carboxylic acids is 2. The fraction of sp³-hybridized carbons (Fsp3) is 0.400. The van der Waals surface area contributed by atoms with Gasteiger partial charge >= 0.3 is 6.03 Å². The van der Waals surface area contributed by atoms with Crippen molar-refractivity contribution in [3.8, 4) is 0 Å². The quantitative estimate of drug-likeness (QED) is 0.898. The van der Waals surface area contributed by atoms with E-state index in [0.29, 0.717) is 37.0 Å². The van der Waals surface area contributed by atoms with E-state index in [2.05, 4.69) is 12.2 Å². The minimum absolute atomic E-state index is 0.0693. The van der Waals surface area contributed by atoms with Gasteiger partial charge in [-0.2, -0.15) is 0 Å². The van der Waals surface area contributed by atoms with Gasteiger partial charge in [-0.25, -0.2) is 4.79 Å². The molecule has 0 unspecified atom stereocenters. The highest BCUT2D eigenvalue weighted by Gasteiger charge is 2.36. The average Bonchev–Trinajstić information content (AvgIpc) is 3.01. The molecule has 0 bridgehead atoms. The first-order valence-corrected chi connectivity index (χ1v) is 9.02. The van der Waals surface area contributed by atoms with Crippen LogP contribution in [0.1, 0.15) is 41.1 Å². The van der Waals surface area contributed by atoms with Crippen LogP contribution in [0.15, 0.2) is 40.8 Å². The Kier molecular flexibility index (Phi) is 4.18. The molecule has 0 spiro atoms. The second kappa shape index (κ2) is 6.52. The largest absolute Gasteiger partial charge is 0.464 e. The molecule has 2 atom stereocenters. The van der Waals surface area contributed by atoms with Crippen molar-refractivity contribution in [2.24, 2.45) is 5.92 Å². The van der Waals surface area contributed by atoms with Gasteiger partial charge in [0.15, 0.2) is 0 Å². The predicted octanol–water partition coefficient (Wildman–Crippen LogP) is 3.20. The number of urea groups is 1. The van der Waals surface area contributed by atoms with Crippen molar-refractivity contribution in [3.05, 3.63) is 53.5 Å². The van der Waals surface area contributed by atoms with E-state index in [9.17, 15) is 9.59 Å². The third-order valence-electron chi connectivity index (χ3n) is 5.18. The van der Waals surface area contributed by atoms with Crippen LogP contribution in [0.4, 0.5) is 10.5 Å². The third-order valence-corrected chi connectivity index (χ3v) is 5.18. The van der Waals surface area contributed by atoms with Gasteiger partial charge in [0.1, 0.15) is 11.5 Å². The number of nitrogens with zero attached hydrogens (tertiary/aromatic N) is 2. The summed E-state index contributed by atoms with van der Waals surface area (Å²) in [6, 6.07) is 11.0. The van der Waals surface area contributed by atoms with Crippen LogP contribution >= 0.6 is 0 Å². The van der Waals surface area contributed by atoms with Gasteiger partial charge in [-0.05, 0) is 48.7 Å². The lowest BCUT2D eigenvalue weighted by Gasteiger charge is -2.17. The van der Waals surface area contributed by atoms with Crippen LogP contribution in [-0.2, 0) is 6.54 Å². The predicted molar refractivity (Wildman–Crippen MR) is 98.2 cm³/mol. The Hall–Kier alpha value is -2.76. The van der Waals surface area contributed by atoms with Gasteiger partial charge < -0.3 is 14.6 Å². The molecule has 1 aromatic carbocycles. The van der Waals surface area contributed by atoms with Gasteiger partial charge in [-0.15, -0.1) is 0 Å². The Morgan fingerprint density at radius 2 is 2.00 bits per heavy atom. The zero-order valence-corrected chi connectivity index (χ0v) is 15.1. The minimum Gasteiger partial charge on any atom is -0.464 e. The van der Waals surface area contributed by atoms with E-state index in [0.717, 1.165) is 17.2 Å². The highest BCUT2D eigenvalue weighted by Crippen LogP contribution is 2.47. The number of rotatable bonds is 5. The molecule has 6 nitrogen and oxygen atoms in total. The van der Waals surface area contributed by atoms with Crippen molar-refractivity contribution in [1.82, 2.24) is 10.2 Å². The Morgan fingerprint density at radius 3 is 2.62 bits per heavy atom. The minimum atomic E-state index is -0.0974. The number of furan rings is 1. The summed E-state index contributed by atoms with van der Waals surface area (Å²) in [7, 11) is 1.77. The van der Waals surface area contributed by atoms with Crippen molar-refractivity contribution < 1.29 is 14.0 Å². The van der Waals surface area contributed by atoms with Crippen LogP contribution in [0.5, 0.6) is 0 Å². The molecule has 136 valence electrons. The van der Waals surface area contributed by atoms with E-state index in [1.807, 2.05) is 24.3 Å². The van der Waals surface area contributed by atoms with Gasteiger partial charge in [0.25, 0.3) is 5.91 Å². The van der Waals surface area contributed by atoms with Gasteiger partial charge in [0.05, 0.1) is 6.54 Å². The number of amides is 3. The molecule has 1 saturated heterocycles. The maximum Gasteiger partial charge on any atom is 0.321 e. The monoisotopic (exact) mass is 353 g/mol. The maximum absolute atomic E-state index is 12.6. The third kappa shape index (κ3) is 3.19. The fourth-order valence-electron chi connectivity index (χ4n) is 3.43. The SMILES string of the molecule is C[C@@H]1C[C@H]1c1ccc(CN(C)C(=O)c2ccc(N3CCNC3=O)cc2)o1. The molecule has 2 heterocycles. The number of hydrogen-bond acceptors (Lipinski definition) is 3. The molecule has 1 N–H and O–H groups in total. The normalized spacial score (nSPS) is 21.6. The van der Waals surface area contributed by atoms with E-state index >= 15 is 0 Å². The topological polar surface area (TPSA) is 65.8 Å². The van der Waals surface area contributed by atoms with E-state index in [1.165, 1.54) is 6.42 Å². The maximum atomic E-state index is 12.6. The summed E-state index contributed by atoms with van der Waals surface area (Å²) in [6.45, 7) is 3.95. The van der Waals surface area contributed by atoms with Gasteiger partial charge in [-0.3, -0.25) is 9.69 Å². The molecule has 1 aromatic heterocycles.